The first-order chi connectivity index (χ1) is 10.2. The average molecular weight is 305 g/mol. The smallest absolute Gasteiger partial charge is 0.261 e. The van der Waals surface area contributed by atoms with Gasteiger partial charge in [0.25, 0.3) is 5.91 Å². The minimum Gasteiger partial charge on any atom is -0.467 e. The van der Waals surface area contributed by atoms with Gasteiger partial charge < -0.3 is 9.64 Å². The lowest BCUT2D eigenvalue weighted by Crippen LogP contribution is -2.49. The van der Waals surface area contributed by atoms with Crippen molar-refractivity contribution in [3.05, 3.63) is 17.8 Å². The standard InChI is InChI=1S/C15H19N3O2S/c1-10-4-3-5-11(2)18(10)13(19)8-20-14-12-6-7-21-15(12)17-9-16-14/h6-7,9-11H,3-5,8H2,1-2H3/t10-,11+. The molecule has 1 aliphatic rings. The highest BCUT2D eigenvalue weighted by molar-refractivity contribution is 7.16. The van der Waals surface area contributed by atoms with Crippen LogP contribution in [0.3, 0.4) is 0 Å². The first-order valence-electron chi connectivity index (χ1n) is 7.29. The third-order valence-electron chi connectivity index (χ3n) is 4.04. The second-order valence-corrected chi connectivity index (χ2v) is 6.43. The summed E-state index contributed by atoms with van der Waals surface area (Å²) in [5.41, 5.74) is 0. The van der Waals surface area contributed by atoms with Crippen molar-refractivity contribution in [1.29, 1.82) is 0 Å². The Bertz CT molecular complexity index is 633. The minimum absolute atomic E-state index is 0.0383. The van der Waals surface area contributed by atoms with Crippen LogP contribution in [-0.2, 0) is 4.79 Å². The van der Waals surface area contributed by atoms with E-state index in [1.54, 1.807) is 0 Å². The van der Waals surface area contributed by atoms with E-state index in [-0.39, 0.29) is 24.6 Å². The zero-order valence-corrected chi connectivity index (χ0v) is 13.1. The Balaban J connectivity index is 1.69. The summed E-state index contributed by atoms with van der Waals surface area (Å²) in [4.78, 5) is 23.6. The Morgan fingerprint density at radius 1 is 1.38 bits per heavy atom. The molecular formula is C15H19N3O2S. The molecule has 2 aromatic rings. The topological polar surface area (TPSA) is 55.3 Å². The molecule has 0 unspecified atom stereocenters. The molecule has 2 aromatic heterocycles. The van der Waals surface area contributed by atoms with Crippen LogP contribution in [-0.4, -0.2) is 39.5 Å². The molecule has 0 aliphatic carbocycles. The van der Waals surface area contributed by atoms with E-state index in [9.17, 15) is 4.79 Å². The Morgan fingerprint density at radius 2 is 2.14 bits per heavy atom. The number of nitrogens with zero attached hydrogens (tertiary/aromatic N) is 3. The van der Waals surface area contributed by atoms with Crippen LogP contribution >= 0.6 is 11.3 Å². The monoisotopic (exact) mass is 305 g/mol. The van der Waals surface area contributed by atoms with Crippen LogP contribution in [0.5, 0.6) is 5.88 Å². The number of carbonyl (C=O) groups excluding carboxylic acids is 1. The van der Waals surface area contributed by atoms with Gasteiger partial charge in [0.2, 0.25) is 5.88 Å². The lowest BCUT2D eigenvalue weighted by molar-refractivity contribution is -0.139. The molecule has 0 saturated carbocycles. The minimum atomic E-state index is 0.0383. The summed E-state index contributed by atoms with van der Waals surface area (Å²) in [6.45, 7) is 4.25. The molecule has 0 N–H and O–H groups in total. The number of rotatable bonds is 3. The van der Waals surface area contributed by atoms with Crippen molar-refractivity contribution in [2.24, 2.45) is 0 Å². The highest BCUT2D eigenvalue weighted by atomic mass is 32.1. The van der Waals surface area contributed by atoms with Crippen LogP contribution in [0.2, 0.25) is 0 Å². The zero-order valence-electron chi connectivity index (χ0n) is 12.3. The van der Waals surface area contributed by atoms with Gasteiger partial charge in [-0.3, -0.25) is 4.79 Å². The molecule has 0 aromatic carbocycles. The number of carbonyl (C=O) groups is 1. The quantitative estimate of drug-likeness (QED) is 0.875. The van der Waals surface area contributed by atoms with Crippen molar-refractivity contribution in [3.8, 4) is 5.88 Å². The number of hydrogen-bond donors (Lipinski definition) is 0. The normalized spacial score (nSPS) is 22.5. The van der Waals surface area contributed by atoms with Crippen molar-refractivity contribution in [3.63, 3.8) is 0 Å². The summed E-state index contributed by atoms with van der Waals surface area (Å²) in [6, 6.07) is 2.50. The summed E-state index contributed by atoms with van der Waals surface area (Å²) < 4.78 is 5.65. The maximum Gasteiger partial charge on any atom is 0.261 e. The SMILES string of the molecule is C[C@@H]1CCC[C@H](C)N1C(=O)COc1ncnc2sccc12. The van der Waals surface area contributed by atoms with E-state index < -0.39 is 0 Å². The van der Waals surface area contributed by atoms with E-state index in [0.717, 1.165) is 23.1 Å². The second-order valence-electron chi connectivity index (χ2n) is 5.54. The maximum absolute atomic E-state index is 12.4. The van der Waals surface area contributed by atoms with Crippen molar-refractivity contribution in [2.75, 3.05) is 6.61 Å². The summed E-state index contributed by atoms with van der Waals surface area (Å²) in [6.07, 6.45) is 4.80. The predicted octanol–water partition coefficient (Wildman–Crippen LogP) is 2.86. The van der Waals surface area contributed by atoms with Gasteiger partial charge in [-0.25, -0.2) is 9.97 Å². The summed E-state index contributed by atoms with van der Waals surface area (Å²) in [5.74, 6) is 0.531. The molecule has 1 amide bonds. The summed E-state index contributed by atoms with van der Waals surface area (Å²) in [5, 5.41) is 2.82. The number of hydrogen-bond acceptors (Lipinski definition) is 5. The summed E-state index contributed by atoms with van der Waals surface area (Å²) >= 11 is 1.54. The van der Waals surface area contributed by atoms with Crippen LogP contribution in [0.1, 0.15) is 33.1 Å². The van der Waals surface area contributed by atoms with Gasteiger partial charge in [-0.05, 0) is 44.6 Å². The van der Waals surface area contributed by atoms with E-state index in [1.165, 1.54) is 24.1 Å². The number of ether oxygens (including phenoxy) is 1. The first kappa shape index (κ1) is 14.3. The van der Waals surface area contributed by atoms with Gasteiger partial charge in [0, 0.05) is 12.1 Å². The molecule has 0 radical (unpaired) electrons. The molecule has 21 heavy (non-hydrogen) atoms. The van der Waals surface area contributed by atoms with E-state index in [2.05, 4.69) is 23.8 Å². The van der Waals surface area contributed by atoms with Crippen molar-refractivity contribution in [1.82, 2.24) is 14.9 Å². The highest BCUT2D eigenvalue weighted by Crippen LogP contribution is 2.26. The lowest BCUT2D eigenvalue weighted by atomic mass is 9.97. The van der Waals surface area contributed by atoms with Gasteiger partial charge in [0.15, 0.2) is 6.61 Å². The van der Waals surface area contributed by atoms with Gasteiger partial charge in [0.05, 0.1) is 5.39 Å². The molecule has 5 nitrogen and oxygen atoms in total. The number of aromatic nitrogens is 2. The molecule has 2 atom stereocenters. The number of likely N-dealkylation sites (tertiary alicyclic amines) is 1. The highest BCUT2D eigenvalue weighted by Gasteiger charge is 2.29. The third kappa shape index (κ3) is 2.85. The van der Waals surface area contributed by atoms with Crippen LogP contribution in [0, 0.1) is 0 Å². The molecule has 6 heteroatoms. The van der Waals surface area contributed by atoms with Gasteiger partial charge in [-0.2, -0.15) is 0 Å². The van der Waals surface area contributed by atoms with Crippen molar-refractivity contribution >= 4 is 27.5 Å². The fourth-order valence-corrected chi connectivity index (χ4v) is 3.72. The van der Waals surface area contributed by atoms with Gasteiger partial charge in [-0.15, -0.1) is 11.3 Å². The second kappa shape index (κ2) is 5.97. The molecule has 3 rings (SSSR count). The van der Waals surface area contributed by atoms with E-state index >= 15 is 0 Å². The van der Waals surface area contributed by atoms with E-state index in [4.69, 9.17) is 4.74 Å². The predicted molar refractivity (Wildman–Crippen MR) is 82.5 cm³/mol. The molecule has 3 heterocycles. The average Bonchev–Trinajstić information content (AvgIpc) is 2.93. The van der Waals surface area contributed by atoms with Crippen LogP contribution in [0.4, 0.5) is 0 Å². The van der Waals surface area contributed by atoms with Gasteiger partial charge >= 0.3 is 0 Å². The van der Waals surface area contributed by atoms with E-state index in [1.807, 2.05) is 16.3 Å². The first-order valence-corrected chi connectivity index (χ1v) is 8.17. The molecule has 0 bridgehead atoms. The van der Waals surface area contributed by atoms with Gasteiger partial charge in [-0.1, -0.05) is 0 Å². The fraction of sp³-hybridized carbons (Fsp3) is 0.533. The number of piperidine rings is 1. The Kier molecular flexibility index (Phi) is 4.05. The van der Waals surface area contributed by atoms with Crippen molar-refractivity contribution in [2.45, 2.75) is 45.2 Å². The largest absolute Gasteiger partial charge is 0.467 e. The maximum atomic E-state index is 12.4. The molecular weight excluding hydrogens is 286 g/mol. The molecule has 1 fully saturated rings. The van der Waals surface area contributed by atoms with E-state index in [0.29, 0.717) is 5.88 Å². The Hall–Kier alpha value is -1.69. The summed E-state index contributed by atoms with van der Waals surface area (Å²) in [7, 11) is 0. The zero-order chi connectivity index (χ0) is 14.8. The fourth-order valence-electron chi connectivity index (χ4n) is 3.00. The van der Waals surface area contributed by atoms with Gasteiger partial charge in [0.1, 0.15) is 11.2 Å². The molecule has 112 valence electrons. The Morgan fingerprint density at radius 3 is 2.90 bits per heavy atom. The third-order valence-corrected chi connectivity index (χ3v) is 4.86. The Labute approximate surface area is 128 Å². The number of thiophene rings is 1. The molecule has 0 spiro atoms. The molecule has 1 aliphatic heterocycles. The van der Waals surface area contributed by atoms with Crippen LogP contribution in [0.25, 0.3) is 10.2 Å². The number of fused-ring (bicyclic) bond motifs is 1. The van der Waals surface area contributed by atoms with Crippen LogP contribution < -0.4 is 4.74 Å². The number of amides is 1. The van der Waals surface area contributed by atoms with Crippen molar-refractivity contribution < 1.29 is 9.53 Å². The molecule has 1 saturated heterocycles. The lowest BCUT2D eigenvalue weighted by Gasteiger charge is -2.38. The van der Waals surface area contributed by atoms with Crippen LogP contribution in [0.15, 0.2) is 17.8 Å².